The van der Waals surface area contributed by atoms with Crippen LogP contribution in [0.1, 0.15) is 20.8 Å². The van der Waals surface area contributed by atoms with Gasteiger partial charge in [-0.05, 0) is 39.2 Å². The zero-order valence-corrected chi connectivity index (χ0v) is 16.7. The van der Waals surface area contributed by atoms with Crippen LogP contribution in [0.2, 0.25) is 0 Å². The van der Waals surface area contributed by atoms with E-state index in [0.29, 0.717) is 4.38 Å². The summed E-state index contributed by atoms with van der Waals surface area (Å²) in [5.74, 6) is -2.28. The van der Waals surface area contributed by atoms with Crippen LogP contribution in [-0.4, -0.2) is 74.2 Å². The molecule has 2 rings (SSSR count). The highest BCUT2D eigenvalue weighted by Gasteiger charge is 2.62. The summed E-state index contributed by atoms with van der Waals surface area (Å²) in [6.07, 6.45) is -0.601. The SMILES string of the molecule is CO[C@H]1O[C@H](C)[C@H](OC(=S)SC)[C@@H]2O[C@@](C)(OC)[C@](C)(OC)O[C@@H]12. The highest BCUT2D eigenvalue weighted by Crippen LogP contribution is 2.44. The average Bonchev–Trinajstić information content (AvgIpc) is 2.58. The molecule has 0 radical (unpaired) electrons. The van der Waals surface area contributed by atoms with E-state index >= 15 is 0 Å². The second kappa shape index (κ2) is 7.71. The van der Waals surface area contributed by atoms with Crippen molar-refractivity contribution in [3.05, 3.63) is 0 Å². The molecule has 0 aromatic heterocycles. The fourth-order valence-corrected chi connectivity index (χ4v) is 3.26. The molecule has 2 aliphatic heterocycles. The molecule has 0 aromatic carbocycles. The van der Waals surface area contributed by atoms with Crippen LogP contribution in [0.25, 0.3) is 0 Å². The van der Waals surface area contributed by atoms with Crippen LogP contribution in [-0.2, 0) is 33.2 Å². The van der Waals surface area contributed by atoms with Gasteiger partial charge in [-0.2, -0.15) is 0 Å². The maximum Gasteiger partial charge on any atom is 0.220 e. The summed E-state index contributed by atoms with van der Waals surface area (Å²) in [6.45, 7) is 5.39. The molecule has 7 nitrogen and oxygen atoms in total. The molecule has 2 saturated heterocycles. The Kier molecular flexibility index (Phi) is 6.53. The number of thioether (sulfide) groups is 1. The second-order valence-corrected chi connectivity index (χ2v) is 7.35. The zero-order valence-electron chi connectivity index (χ0n) is 15.1. The molecule has 0 saturated carbocycles. The molecular weight excluding hydrogens is 356 g/mol. The summed E-state index contributed by atoms with van der Waals surface area (Å²) in [4.78, 5) is 0. The zero-order chi connectivity index (χ0) is 18.1. The van der Waals surface area contributed by atoms with Crippen LogP contribution in [0.3, 0.4) is 0 Å². The molecule has 0 unspecified atom stereocenters. The van der Waals surface area contributed by atoms with E-state index in [0.717, 1.165) is 0 Å². The lowest BCUT2D eigenvalue weighted by Gasteiger charge is -2.56. The Balaban J connectivity index is 2.36. The molecule has 140 valence electrons. The summed E-state index contributed by atoms with van der Waals surface area (Å²) >= 11 is 6.54. The summed E-state index contributed by atoms with van der Waals surface area (Å²) < 4.78 is 41.1. The molecule has 2 heterocycles. The van der Waals surface area contributed by atoms with Crippen LogP contribution in [0.15, 0.2) is 0 Å². The van der Waals surface area contributed by atoms with Crippen molar-refractivity contribution in [2.24, 2.45) is 0 Å². The van der Waals surface area contributed by atoms with Crippen molar-refractivity contribution in [1.29, 1.82) is 0 Å². The van der Waals surface area contributed by atoms with E-state index in [-0.39, 0.29) is 6.10 Å². The first-order valence-corrected chi connectivity index (χ1v) is 9.27. The third kappa shape index (κ3) is 3.45. The van der Waals surface area contributed by atoms with Crippen LogP contribution < -0.4 is 0 Å². The monoisotopic (exact) mass is 382 g/mol. The highest BCUT2D eigenvalue weighted by molar-refractivity contribution is 8.22. The average molecular weight is 383 g/mol. The minimum Gasteiger partial charge on any atom is -0.470 e. The molecule has 0 amide bonds. The van der Waals surface area contributed by atoms with Crippen molar-refractivity contribution in [1.82, 2.24) is 0 Å². The maximum atomic E-state index is 6.27. The van der Waals surface area contributed by atoms with Crippen molar-refractivity contribution in [2.75, 3.05) is 27.6 Å². The van der Waals surface area contributed by atoms with Gasteiger partial charge in [0, 0.05) is 21.3 Å². The number of rotatable bonds is 4. The van der Waals surface area contributed by atoms with Gasteiger partial charge in [0.25, 0.3) is 0 Å². The number of fused-ring (bicyclic) bond motifs is 1. The molecule has 2 fully saturated rings. The van der Waals surface area contributed by atoms with Gasteiger partial charge in [-0.1, -0.05) is 11.8 Å². The first-order valence-electron chi connectivity index (χ1n) is 7.64. The number of hydrogen-bond acceptors (Lipinski definition) is 9. The summed E-state index contributed by atoms with van der Waals surface area (Å²) in [5, 5.41) is 0. The van der Waals surface area contributed by atoms with Crippen molar-refractivity contribution in [3.63, 3.8) is 0 Å². The topological polar surface area (TPSA) is 64.6 Å². The Morgan fingerprint density at radius 1 is 1.04 bits per heavy atom. The number of ether oxygens (including phenoxy) is 7. The van der Waals surface area contributed by atoms with Gasteiger partial charge in [0.2, 0.25) is 16.0 Å². The number of thiocarbonyl (C=S) groups is 1. The minimum absolute atomic E-state index is 0.307. The fourth-order valence-electron chi connectivity index (χ4n) is 2.94. The van der Waals surface area contributed by atoms with E-state index in [1.165, 1.54) is 18.9 Å². The predicted molar refractivity (Wildman–Crippen MR) is 92.9 cm³/mol. The lowest BCUT2D eigenvalue weighted by molar-refractivity contribution is -0.481. The Labute approximate surface area is 152 Å². The predicted octanol–water partition coefficient (Wildman–Crippen LogP) is 1.92. The molecule has 24 heavy (non-hydrogen) atoms. The molecule has 2 aliphatic rings. The number of methoxy groups -OCH3 is 3. The highest BCUT2D eigenvalue weighted by atomic mass is 32.2. The Morgan fingerprint density at radius 2 is 1.58 bits per heavy atom. The van der Waals surface area contributed by atoms with E-state index in [1.807, 2.05) is 13.2 Å². The van der Waals surface area contributed by atoms with Crippen LogP contribution in [0, 0.1) is 0 Å². The molecule has 0 N–H and O–H groups in total. The van der Waals surface area contributed by atoms with Gasteiger partial charge in [0.1, 0.15) is 12.2 Å². The first kappa shape index (κ1) is 20.3. The molecule has 9 heteroatoms. The van der Waals surface area contributed by atoms with Crippen molar-refractivity contribution >= 4 is 28.4 Å². The van der Waals surface area contributed by atoms with Crippen molar-refractivity contribution in [2.45, 2.75) is 63.1 Å². The van der Waals surface area contributed by atoms with Crippen LogP contribution in [0.4, 0.5) is 0 Å². The van der Waals surface area contributed by atoms with E-state index in [4.69, 9.17) is 45.4 Å². The molecule has 0 aromatic rings. The summed E-state index contributed by atoms with van der Waals surface area (Å²) in [7, 11) is 4.63. The summed E-state index contributed by atoms with van der Waals surface area (Å²) in [6, 6.07) is 0. The summed E-state index contributed by atoms with van der Waals surface area (Å²) in [5.41, 5.74) is 0. The van der Waals surface area contributed by atoms with Gasteiger partial charge >= 0.3 is 0 Å². The lowest BCUT2D eigenvalue weighted by atomic mass is 9.95. The first-order chi connectivity index (χ1) is 11.2. The number of hydrogen-bond donors (Lipinski definition) is 0. The normalized spacial score (nSPS) is 45.5. The maximum absolute atomic E-state index is 6.27. The quantitative estimate of drug-likeness (QED) is 0.679. The Morgan fingerprint density at radius 3 is 2.04 bits per heavy atom. The molecule has 0 spiro atoms. The fraction of sp³-hybridized carbons (Fsp3) is 0.933. The van der Waals surface area contributed by atoms with Gasteiger partial charge in [-0.15, -0.1) is 0 Å². The molecule has 0 aliphatic carbocycles. The third-order valence-electron chi connectivity index (χ3n) is 4.68. The van der Waals surface area contributed by atoms with Gasteiger partial charge in [0.05, 0.1) is 6.10 Å². The molecular formula is C15H26O7S2. The van der Waals surface area contributed by atoms with E-state index < -0.39 is 36.2 Å². The Hall–Kier alpha value is -0.0000000000000000694. The Bertz CT molecular complexity index is 465. The van der Waals surface area contributed by atoms with Crippen LogP contribution >= 0.6 is 24.0 Å². The van der Waals surface area contributed by atoms with Gasteiger partial charge in [-0.3, -0.25) is 0 Å². The van der Waals surface area contributed by atoms with Gasteiger partial charge in [0.15, 0.2) is 12.4 Å². The van der Waals surface area contributed by atoms with Gasteiger partial charge < -0.3 is 33.2 Å². The lowest BCUT2D eigenvalue weighted by Crippen LogP contribution is -2.72. The smallest absolute Gasteiger partial charge is 0.220 e. The van der Waals surface area contributed by atoms with Crippen molar-refractivity contribution in [3.8, 4) is 0 Å². The standard InChI is InChI=1S/C15H26O7S2/c1-8-9(20-13(23)24-7)10-11(12(16-4)19-8)22-15(3,18-6)14(2,17-5)21-10/h8-12H,1-7H3/t8-,9+,10+,11-,12+,14-,15-/m1/s1. The van der Waals surface area contributed by atoms with Crippen LogP contribution in [0.5, 0.6) is 0 Å². The minimum atomic E-state index is -1.14. The van der Waals surface area contributed by atoms with Gasteiger partial charge in [-0.25, -0.2) is 0 Å². The van der Waals surface area contributed by atoms with E-state index in [9.17, 15) is 0 Å². The van der Waals surface area contributed by atoms with E-state index in [2.05, 4.69) is 0 Å². The third-order valence-corrected chi connectivity index (χ3v) is 5.71. The molecule has 7 atom stereocenters. The van der Waals surface area contributed by atoms with Crippen molar-refractivity contribution < 1.29 is 33.2 Å². The largest absolute Gasteiger partial charge is 0.470 e. The molecule has 0 bridgehead atoms. The second-order valence-electron chi connectivity index (χ2n) is 5.95. The van der Waals surface area contributed by atoms with E-state index in [1.54, 1.807) is 28.1 Å².